The average Bonchev–Trinajstić information content (AvgIpc) is 1.99. The van der Waals surface area contributed by atoms with Crippen molar-refractivity contribution in [1.29, 1.82) is 0 Å². The SMILES string of the molecule is CCC(C)(C)OOC(C)(S)CC(O)S. The fourth-order valence-corrected chi connectivity index (χ4v) is 1.34. The lowest BCUT2D eigenvalue weighted by Crippen LogP contribution is -2.32. The molecular formula is C9H20O3S2. The topological polar surface area (TPSA) is 38.7 Å². The quantitative estimate of drug-likeness (QED) is 0.289. The van der Waals surface area contributed by atoms with Gasteiger partial charge in [-0.15, -0.1) is 25.3 Å². The highest BCUT2D eigenvalue weighted by atomic mass is 32.1. The molecule has 0 aromatic heterocycles. The zero-order chi connectivity index (χ0) is 11.4. The van der Waals surface area contributed by atoms with Gasteiger partial charge in [-0.05, 0) is 27.2 Å². The first-order valence-corrected chi connectivity index (χ1v) is 5.60. The van der Waals surface area contributed by atoms with Gasteiger partial charge < -0.3 is 5.11 Å². The predicted octanol–water partition coefficient (Wildman–Crippen LogP) is 2.41. The van der Waals surface area contributed by atoms with Crippen LogP contribution < -0.4 is 0 Å². The molecule has 0 spiro atoms. The molecule has 0 aliphatic carbocycles. The summed E-state index contributed by atoms with van der Waals surface area (Å²) in [6.07, 6.45) is 1.12. The molecule has 5 heteroatoms. The van der Waals surface area contributed by atoms with E-state index in [4.69, 9.17) is 14.9 Å². The first-order chi connectivity index (χ1) is 6.18. The molecule has 0 bridgehead atoms. The van der Waals surface area contributed by atoms with Crippen LogP contribution in [0.25, 0.3) is 0 Å². The van der Waals surface area contributed by atoms with E-state index in [-0.39, 0.29) is 5.60 Å². The molecule has 0 aliphatic rings. The van der Waals surface area contributed by atoms with E-state index in [1.54, 1.807) is 6.92 Å². The summed E-state index contributed by atoms with van der Waals surface area (Å²) in [5.41, 5.74) is -1.10. The highest BCUT2D eigenvalue weighted by Gasteiger charge is 2.27. The Morgan fingerprint density at radius 1 is 1.29 bits per heavy atom. The van der Waals surface area contributed by atoms with E-state index in [2.05, 4.69) is 25.3 Å². The normalized spacial score (nSPS) is 19.1. The van der Waals surface area contributed by atoms with Crippen LogP contribution in [0.2, 0.25) is 0 Å². The van der Waals surface area contributed by atoms with Crippen LogP contribution in [0, 0.1) is 0 Å². The van der Waals surface area contributed by atoms with Crippen molar-refractivity contribution in [3.63, 3.8) is 0 Å². The third-order valence-corrected chi connectivity index (χ3v) is 2.30. The minimum absolute atomic E-state index is 0.291. The summed E-state index contributed by atoms with van der Waals surface area (Å²) in [7, 11) is 0. The zero-order valence-corrected chi connectivity index (χ0v) is 10.9. The van der Waals surface area contributed by atoms with Crippen LogP contribution >= 0.6 is 25.3 Å². The molecule has 0 aromatic carbocycles. The van der Waals surface area contributed by atoms with Crippen molar-refractivity contribution < 1.29 is 14.9 Å². The lowest BCUT2D eigenvalue weighted by atomic mass is 10.1. The standard InChI is InChI=1S/C9H20O3S2/c1-5-8(2,3)11-12-9(4,14)6-7(10)13/h7,10,13-14H,5-6H2,1-4H3. The number of hydrogen-bond donors (Lipinski definition) is 3. The van der Waals surface area contributed by atoms with Crippen LogP contribution in [0.1, 0.15) is 40.5 Å². The predicted molar refractivity (Wildman–Crippen MR) is 63.5 cm³/mol. The lowest BCUT2D eigenvalue weighted by molar-refractivity contribution is -0.385. The third-order valence-electron chi connectivity index (χ3n) is 1.86. The Balaban J connectivity index is 3.98. The summed E-state index contributed by atoms with van der Waals surface area (Å²) in [6.45, 7) is 7.58. The first-order valence-electron chi connectivity index (χ1n) is 4.64. The van der Waals surface area contributed by atoms with Crippen molar-refractivity contribution in [2.75, 3.05) is 0 Å². The van der Waals surface area contributed by atoms with Crippen molar-refractivity contribution in [2.45, 2.75) is 56.5 Å². The second kappa shape index (κ2) is 5.61. The minimum Gasteiger partial charge on any atom is -0.383 e. The van der Waals surface area contributed by atoms with Gasteiger partial charge in [-0.1, -0.05) is 6.92 Å². The van der Waals surface area contributed by atoms with Gasteiger partial charge in [0.2, 0.25) is 0 Å². The van der Waals surface area contributed by atoms with Crippen molar-refractivity contribution in [3.8, 4) is 0 Å². The zero-order valence-electron chi connectivity index (χ0n) is 9.15. The monoisotopic (exact) mass is 240 g/mol. The highest BCUT2D eigenvalue weighted by Crippen LogP contribution is 2.27. The summed E-state index contributed by atoms with van der Waals surface area (Å²) in [6, 6.07) is 0. The minimum atomic E-state index is -0.826. The molecule has 0 fully saturated rings. The molecule has 0 radical (unpaired) electrons. The largest absolute Gasteiger partial charge is 0.383 e. The van der Waals surface area contributed by atoms with Crippen molar-refractivity contribution >= 4 is 25.3 Å². The van der Waals surface area contributed by atoms with Gasteiger partial charge >= 0.3 is 0 Å². The van der Waals surface area contributed by atoms with E-state index in [0.29, 0.717) is 6.42 Å². The van der Waals surface area contributed by atoms with Gasteiger partial charge in [0.15, 0.2) is 0 Å². The second-order valence-electron chi connectivity index (χ2n) is 4.14. The number of rotatable bonds is 6. The summed E-state index contributed by atoms with van der Waals surface area (Å²) < 4.78 is 0. The first kappa shape index (κ1) is 14.6. The molecule has 2 atom stereocenters. The molecule has 0 aliphatic heterocycles. The average molecular weight is 240 g/mol. The van der Waals surface area contributed by atoms with Gasteiger partial charge in [0.25, 0.3) is 0 Å². The Morgan fingerprint density at radius 2 is 1.79 bits per heavy atom. The van der Waals surface area contributed by atoms with E-state index < -0.39 is 10.4 Å². The molecule has 0 saturated heterocycles. The fraction of sp³-hybridized carbons (Fsp3) is 1.00. The van der Waals surface area contributed by atoms with E-state index in [9.17, 15) is 0 Å². The van der Waals surface area contributed by atoms with E-state index in [0.717, 1.165) is 6.42 Å². The van der Waals surface area contributed by atoms with Gasteiger partial charge in [0.05, 0.1) is 5.60 Å². The van der Waals surface area contributed by atoms with Gasteiger partial charge in [-0.2, -0.15) is 0 Å². The van der Waals surface area contributed by atoms with Crippen LogP contribution in [-0.4, -0.2) is 21.1 Å². The molecule has 0 aromatic rings. The number of aliphatic hydroxyl groups is 1. The molecule has 0 saturated carbocycles. The summed E-state index contributed by atoms with van der Waals surface area (Å²) in [5.74, 6) is 0. The van der Waals surface area contributed by atoms with Gasteiger partial charge in [-0.3, -0.25) is 0 Å². The molecule has 0 amide bonds. The number of hydrogen-bond acceptors (Lipinski definition) is 5. The highest BCUT2D eigenvalue weighted by molar-refractivity contribution is 7.82. The van der Waals surface area contributed by atoms with Gasteiger partial charge in [0, 0.05) is 6.42 Å². The third kappa shape index (κ3) is 6.95. The van der Waals surface area contributed by atoms with Gasteiger partial charge in [0.1, 0.15) is 10.4 Å². The maximum atomic E-state index is 9.05. The lowest BCUT2D eigenvalue weighted by Gasteiger charge is -2.29. The van der Waals surface area contributed by atoms with E-state index >= 15 is 0 Å². The molecule has 14 heavy (non-hydrogen) atoms. The molecule has 0 heterocycles. The van der Waals surface area contributed by atoms with Crippen LogP contribution in [0.3, 0.4) is 0 Å². The maximum Gasteiger partial charge on any atom is 0.146 e. The van der Waals surface area contributed by atoms with Gasteiger partial charge in [-0.25, -0.2) is 9.78 Å². The van der Waals surface area contributed by atoms with E-state index in [1.165, 1.54) is 0 Å². The Kier molecular flexibility index (Phi) is 5.84. The summed E-state index contributed by atoms with van der Waals surface area (Å²) >= 11 is 8.07. The van der Waals surface area contributed by atoms with Crippen LogP contribution in [-0.2, 0) is 9.78 Å². The summed E-state index contributed by atoms with van der Waals surface area (Å²) in [5, 5.41) is 9.05. The maximum absolute atomic E-state index is 9.05. The van der Waals surface area contributed by atoms with E-state index in [1.807, 2.05) is 20.8 Å². The molecule has 0 rings (SSSR count). The summed E-state index contributed by atoms with van der Waals surface area (Å²) in [4.78, 5) is 9.55. The number of aliphatic hydroxyl groups excluding tert-OH is 1. The molecule has 2 unspecified atom stereocenters. The second-order valence-corrected chi connectivity index (χ2v) is 5.68. The Bertz CT molecular complexity index is 169. The Hall–Kier alpha value is 0.580. The van der Waals surface area contributed by atoms with Crippen molar-refractivity contribution in [2.24, 2.45) is 0 Å². The van der Waals surface area contributed by atoms with Crippen LogP contribution in [0.5, 0.6) is 0 Å². The van der Waals surface area contributed by atoms with Crippen LogP contribution in [0.15, 0.2) is 0 Å². The van der Waals surface area contributed by atoms with Crippen LogP contribution in [0.4, 0.5) is 0 Å². The number of thiol groups is 2. The molecule has 1 N–H and O–H groups in total. The Labute approximate surface area is 96.9 Å². The molecule has 86 valence electrons. The van der Waals surface area contributed by atoms with Crippen molar-refractivity contribution in [3.05, 3.63) is 0 Å². The Morgan fingerprint density at radius 3 is 2.14 bits per heavy atom. The fourth-order valence-electron chi connectivity index (χ4n) is 0.634. The molecule has 3 nitrogen and oxygen atoms in total. The smallest absolute Gasteiger partial charge is 0.146 e. The van der Waals surface area contributed by atoms with Crippen molar-refractivity contribution in [1.82, 2.24) is 0 Å². The molecular weight excluding hydrogens is 220 g/mol.